The molecule has 1 rings (SSSR count). The topological polar surface area (TPSA) is 61.5 Å². The van der Waals surface area contributed by atoms with Crippen molar-refractivity contribution >= 4 is 27.6 Å². The average Bonchev–Trinajstić information content (AvgIpc) is 2.28. The summed E-state index contributed by atoms with van der Waals surface area (Å²) in [6, 6.07) is 5.26. The van der Waals surface area contributed by atoms with Crippen LogP contribution in [0.25, 0.3) is 0 Å². The molecule has 0 saturated heterocycles. The van der Waals surface area contributed by atoms with Crippen molar-refractivity contribution in [2.75, 3.05) is 12.3 Å². The summed E-state index contributed by atoms with van der Waals surface area (Å²) in [5.74, 6) is 0.130. The maximum atomic E-state index is 11.6. The standard InChI is InChI=1S/C12H16BrNO3/c1-3-10(12(15)16-4-2)17-11-6-5-8(13)7-9(11)14/h5-7,10H,3-4,14H2,1-2H3. The number of hydrogen-bond donors (Lipinski definition) is 1. The van der Waals surface area contributed by atoms with Gasteiger partial charge in [-0.1, -0.05) is 22.9 Å². The van der Waals surface area contributed by atoms with E-state index in [2.05, 4.69) is 15.9 Å². The first-order valence-corrected chi connectivity index (χ1v) is 6.26. The van der Waals surface area contributed by atoms with E-state index < -0.39 is 6.10 Å². The summed E-state index contributed by atoms with van der Waals surface area (Å²) in [5.41, 5.74) is 6.28. The Morgan fingerprint density at radius 3 is 2.71 bits per heavy atom. The van der Waals surface area contributed by atoms with Crippen LogP contribution in [0.2, 0.25) is 0 Å². The minimum Gasteiger partial charge on any atom is -0.477 e. The van der Waals surface area contributed by atoms with Crippen LogP contribution in [0.5, 0.6) is 5.75 Å². The molecule has 1 unspecified atom stereocenters. The number of halogens is 1. The van der Waals surface area contributed by atoms with E-state index in [9.17, 15) is 4.79 Å². The Kier molecular flexibility index (Phi) is 5.28. The minimum atomic E-state index is -0.613. The monoisotopic (exact) mass is 301 g/mol. The molecule has 0 aliphatic carbocycles. The Labute approximate surface area is 109 Å². The SMILES string of the molecule is CCOC(=O)C(CC)Oc1ccc(Br)cc1N. The molecule has 2 N–H and O–H groups in total. The summed E-state index contributed by atoms with van der Waals surface area (Å²) in [5, 5.41) is 0. The largest absolute Gasteiger partial charge is 0.477 e. The van der Waals surface area contributed by atoms with Gasteiger partial charge in [-0.25, -0.2) is 4.79 Å². The molecule has 0 heterocycles. The molecule has 0 aliphatic rings. The fourth-order valence-electron chi connectivity index (χ4n) is 1.31. The molecule has 94 valence electrons. The number of carbonyl (C=O) groups excluding carboxylic acids is 1. The van der Waals surface area contributed by atoms with Gasteiger partial charge in [0.15, 0.2) is 6.10 Å². The lowest BCUT2D eigenvalue weighted by atomic mass is 10.2. The Hall–Kier alpha value is -1.23. The first-order chi connectivity index (χ1) is 8.08. The molecular formula is C12H16BrNO3. The lowest BCUT2D eigenvalue weighted by molar-refractivity contribution is -0.151. The van der Waals surface area contributed by atoms with Gasteiger partial charge in [-0.15, -0.1) is 0 Å². The van der Waals surface area contributed by atoms with Gasteiger partial charge in [0.25, 0.3) is 0 Å². The van der Waals surface area contributed by atoms with E-state index in [4.69, 9.17) is 15.2 Å². The van der Waals surface area contributed by atoms with Crippen molar-refractivity contribution < 1.29 is 14.3 Å². The van der Waals surface area contributed by atoms with Gasteiger partial charge < -0.3 is 15.2 Å². The first-order valence-electron chi connectivity index (χ1n) is 5.46. The maximum Gasteiger partial charge on any atom is 0.347 e. The zero-order valence-corrected chi connectivity index (χ0v) is 11.5. The third kappa shape index (κ3) is 3.93. The Morgan fingerprint density at radius 2 is 2.18 bits per heavy atom. The highest BCUT2D eigenvalue weighted by atomic mass is 79.9. The molecule has 0 bridgehead atoms. The number of esters is 1. The fourth-order valence-corrected chi connectivity index (χ4v) is 1.69. The molecule has 0 radical (unpaired) electrons. The van der Waals surface area contributed by atoms with Crippen LogP contribution < -0.4 is 10.5 Å². The average molecular weight is 302 g/mol. The van der Waals surface area contributed by atoms with E-state index in [0.717, 1.165) is 4.47 Å². The maximum absolute atomic E-state index is 11.6. The number of ether oxygens (including phenoxy) is 2. The lowest BCUT2D eigenvalue weighted by Gasteiger charge is -2.17. The van der Waals surface area contributed by atoms with Crippen LogP contribution in [-0.2, 0) is 9.53 Å². The Morgan fingerprint density at radius 1 is 1.47 bits per heavy atom. The minimum absolute atomic E-state index is 0.342. The summed E-state index contributed by atoms with van der Waals surface area (Å²) in [4.78, 5) is 11.6. The predicted molar refractivity (Wildman–Crippen MR) is 69.9 cm³/mol. The third-order valence-corrected chi connectivity index (χ3v) is 2.65. The number of carbonyl (C=O) groups is 1. The van der Waals surface area contributed by atoms with Crippen LogP contribution in [0.15, 0.2) is 22.7 Å². The van der Waals surface area contributed by atoms with E-state index in [1.54, 1.807) is 19.1 Å². The molecule has 0 amide bonds. The molecule has 1 atom stereocenters. The highest BCUT2D eigenvalue weighted by Crippen LogP contribution is 2.26. The lowest BCUT2D eigenvalue weighted by Crippen LogP contribution is -2.28. The molecule has 0 aromatic heterocycles. The van der Waals surface area contributed by atoms with E-state index in [1.165, 1.54) is 0 Å². The van der Waals surface area contributed by atoms with Crippen molar-refractivity contribution in [2.24, 2.45) is 0 Å². The van der Waals surface area contributed by atoms with Crippen molar-refractivity contribution in [1.82, 2.24) is 0 Å². The summed E-state index contributed by atoms with van der Waals surface area (Å²) < 4.78 is 11.3. The summed E-state index contributed by atoms with van der Waals surface area (Å²) >= 11 is 3.31. The molecule has 1 aromatic rings. The summed E-state index contributed by atoms with van der Waals surface area (Å²) in [7, 11) is 0. The van der Waals surface area contributed by atoms with Crippen molar-refractivity contribution in [3.63, 3.8) is 0 Å². The number of rotatable bonds is 5. The number of hydrogen-bond acceptors (Lipinski definition) is 4. The zero-order chi connectivity index (χ0) is 12.8. The smallest absolute Gasteiger partial charge is 0.347 e. The van der Waals surface area contributed by atoms with Gasteiger partial charge in [0.05, 0.1) is 12.3 Å². The van der Waals surface area contributed by atoms with Crippen molar-refractivity contribution in [2.45, 2.75) is 26.4 Å². The van der Waals surface area contributed by atoms with Crippen LogP contribution in [-0.4, -0.2) is 18.7 Å². The fraction of sp³-hybridized carbons (Fsp3) is 0.417. The van der Waals surface area contributed by atoms with Gasteiger partial charge in [-0.2, -0.15) is 0 Å². The van der Waals surface area contributed by atoms with Gasteiger partial charge >= 0.3 is 5.97 Å². The Bertz CT molecular complexity index is 395. The van der Waals surface area contributed by atoms with Gasteiger partial charge in [-0.05, 0) is 31.5 Å². The number of nitrogens with two attached hydrogens (primary N) is 1. The van der Waals surface area contributed by atoms with Crippen molar-refractivity contribution in [1.29, 1.82) is 0 Å². The summed E-state index contributed by atoms with van der Waals surface area (Å²) in [6.45, 7) is 3.96. The summed E-state index contributed by atoms with van der Waals surface area (Å²) in [6.07, 6.45) is -0.0765. The van der Waals surface area contributed by atoms with E-state index >= 15 is 0 Å². The molecule has 0 fully saturated rings. The zero-order valence-electron chi connectivity index (χ0n) is 9.90. The van der Waals surface area contributed by atoms with Crippen LogP contribution >= 0.6 is 15.9 Å². The molecule has 4 nitrogen and oxygen atoms in total. The van der Waals surface area contributed by atoms with Crippen molar-refractivity contribution in [3.8, 4) is 5.75 Å². The number of benzene rings is 1. The molecular weight excluding hydrogens is 286 g/mol. The molecule has 17 heavy (non-hydrogen) atoms. The third-order valence-electron chi connectivity index (χ3n) is 2.16. The molecule has 0 spiro atoms. The normalized spacial score (nSPS) is 11.9. The van der Waals surface area contributed by atoms with Gasteiger partial charge in [0.2, 0.25) is 0 Å². The van der Waals surface area contributed by atoms with E-state index in [1.807, 2.05) is 13.0 Å². The molecule has 1 aromatic carbocycles. The van der Waals surface area contributed by atoms with Crippen LogP contribution in [0, 0.1) is 0 Å². The second kappa shape index (κ2) is 6.49. The molecule has 0 aliphatic heterocycles. The second-order valence-electron chi connectivity index (χ2n) is 3.45. The predicted octanol–water partition coefficient (Wildman–Crippen LogP) is 2.75. The van der Waals surface area contributed by atoms with Gasteiger partial charge in [0.1, 0.15) is 5.75 Å². The van der Waals surface area contributed by atoms with Crippen molar-refractivity contribution in [3.05, 3.63) is 22.7 Å². The van der Waals surface area contributed by atoms with Crippen LogP contribution in [0.4, 0.5) is 5.69 Å². The van der Waals surface area contributed by atoms with Crippen LogP contribution in [0.3, 0.4) is 0 Å². The van der Waals surface area contributed by atoms with E-state index in [-0.39, 0.29) is 5.97 Å². The van der Waals surface area contributed by atoms with Gasteiger partial charge in [-0.3, -0.25) is 0 Å². The number of nitrogen functional groups attached to an aromatic ring is 1. The van der Waals surface area contributed by atoms with Gasteiger partial charge in [0, 0.05) is 4.47 Å². The highest BCUT2D eigenvalue weighted by Gasteiger charge is 2.20. The molecule has 0 saturated carbocycles. The Balaban J connectivity index is 2.77. The number of anilines is 1. The second-order valence-corrected chi connectivity index (χ2v) is 4.36. The molecule has 5 heteroatoms. The quantitative estimate of drug-likeness (QED) is 0.671. The first kappa shape index (κ1) is 13.8. The highest BCUT2D eigenvalue weighted by molar-refractivity contribution is 9.10. The van der Waals surface area contributed by atoms with E-state index in [0.29, 0.717) is 24.5 Å². The van der Waals surface area contributed by atoms with Crippen LogP contribution in [0.1, 0.15) is 20.3 Å².